The lowest BCUT2D eigenvalue weighted by Crippen LogP contribution is -2.43. The van der Waals surface area contributed by atoms with Gasteiger partial charge in [-0.15, -0.1) is 6.58 Å². The Morgan fingerprint density at radius 3 is 2.37 bits per heavy atom. The van der Waals surface area contributed by atoms with Crippen LogP contribution in [-0.4, -0.2) is 12.1 Å². The average Bonchev–Trinajstić information content (AvgIpc) is 2.31. The molecule has 0 aromatic heterocycles. The molecule has 0 fully saturated rings. The van der Waals surface area contributed by atoms with Gasteiger partial charge in [0.25, 0.3) is 0 Å². The summed E-state index contributed by atoms with van der Waals surface area (Å²) in [6.07, 6.45) is 2.81. The zero-order valence-electron chi connectivity index (χ0n) is 12.2. The van der Waals surface area contributed by atoms with Crippen LogP contribution in [0.25, 0.3) is 0 Å². The Kier molecular flexibility index (Phi) is 5.49. The second kappa shape index (κ2) is 6.30. The largest absolute Gasteiger partial charge is 0.311 e. The highest BCUT2D eigenvalue weighted by Gasteiger charge is 2.24. The molecule has 0 aliphatic carbocycles. The molecule has 0 saturated carbocycles. The van der Waals surface area contributed by atoms with Crippen molar-refractivity contribution >= 4 is 23.2 Å². The molecule has 0 saturated heterocycles. The lowest BCUT2D eigenvalue weighted by Gasteiger charge is -2.31. The topological polar surface area (TPSA) is 12.0 Å². The van der Waals surface area contributed by atoms with Crippen LogP contribution < -0.4 is 5.32 Å². The highest BCUT2D eigenvalue weighted by atomic mass is 35.5. The van der Waals surface area contributed by atoms with Crippen molar-refractivity contribution in [2.75, 3.05) is 6.54 Å². The van der Waals surface area contributed by atoms with Crippen molar-refractivity contribution in [2.24, 2.45) is 5.41 Å². The molecule has 0 aliphatic rings. The zero-order valence-corrected chi connectivity index (χ0v) is 13.7. The van der Waals surface area contributed by atoms with Crippen molar-refractivity contribution in [3.05, 3.63) is 46.5 Å². The van der Waals surface area contributed by atoms with E-state index in [0.29, 0.717) is 0 Å². The zero-order chi connectivity index (χ0) is 14.7. The standard InChI is InChI=1S/C16H23Cl2N/c1-6-16(5,11-19-15(2,3)4)10-12-9-13(17)7-8-14(12)18/h6-9,19H,1,10-11H2,2-5H3. The summed E-state index contributed by atoms with van der Waals surface area (Å²) >= 11 is 12.3. The Bertz CT molecular complexity index is 449. The van der Waals surface area contributed by atoms with E-state index < -0.39 is 0 Å². The van der Waals surface area contributed by atoms with Gasteiger partial charge in [-0.05, 0) is 51.0 Å². The maximum Gasteiger partial charge on any atom is 0.0439 e. The van der Waals surface area contributed by atoms with Gasteiger partial charge in [0.05, 0.1) is 0 Å². The first-order valence-electron chi connectivity index (χ1n) is 6.48. The summed E-state index contributed by atoms with van der Waals surface area (Å²) in [6.45, 7) is 13.5. The Balaban J connectivity index is 2.85. The van der Waals surface area contributed by atoms with E-state index in [1.165, 1.54) is 0 Å². The van der Waals surface area contributed by atoms with E-state index in [1.807, 2.05) is 24.3 Å². The highest BCUT2D eigenvalue weighted by Crippen LogP contribution is 2.29. The maximum absolute atomic E-state index is 6.24. The van der Waals surface area contributed by atoms with Crippen LogP contribution in [0.2, 0.25) is 10.0 Å². The quantitative estimate of drug-likeness (QED) is 0.744. The first-order chi connectivity index (χ1) is 8.65. The van der Waals surface area contributed by atoms with Crippen LogP contribution in [0, 0.1) is 5.41 Å². The van der Waals surface area contributed by atoms with Crippen LogP contribution >= 0.6 is 23.2 Å². The molecular weight excluding hydrogens is 277 g/mol. The fraction of sp³-hybridized carbons (Fsp3) is 0.500. The fourth-order valence-electron chi connectivity index (χ4n) is 1.79. The van der Waals surface area contributed by atoms with Crippen LogP contribution in [0.4, 0.5) is 0 Å². The van der Waals surface area contributed by atoms with Gasteiger partial charge < -0.3 is 5.32 Å². The predicted molar refractivity (Wildman–Crippen MR) is 86.2 cm³/mol. The van der Waals surface area contributed by atoms with Gasteiger partial charge in [-0.3, -0.25) is 0 Å². The minimum Gasteiger partial charge on any atom is -0.311 e. The first kappa shape index (κ1) is 16.6. The van der Waals surface area contributed by atoms with Gasteiger partial charge in [0.1, 0.15) is 0 Å². The van der Waals surface area contributed by atoms with E-state index in [-0.39, 0.29) is 11.0 Å². The lowest BCUT2D eigenvalue weighted by molar-refractivity contribution is 0.322. The molecule has 1 unspecified atom stereocenters. The van der Waals surface area contributed by atoms with Crippen molar-refractivity contribution in [1.82, 2.24) is 5.32 Å². The average molecular weight is 300 g/mol. The van der Waals surface area contributed by atoms with E-state index in [4.69, 9.17) is 23.2 Å². The van der Waals surface area contributed by atoms with Crippen molar-refractivity contribution in [3.63, 3.8) is 0 Å². The highest BCUT2D eigenvalue weighted by molar-refractivity contribution is 6.33. The Morgan fingerprint density at radius 1 is 1.21 bits per heavy atom. The number of rotatable bonds is 5. The normalized spacial score (nSPS) is 15.1. The number of hydrogen-bond acceptors (Lipinski definition) is 1. The van der Waals surface area contributed by atoms with E-state index in [2.05, 4.69) is 39.6 Å². The summed E-state index contributed by atoms with van der Waals surface area (Å²) in [4.78, 5) is 0. The summed E-state index contributed by atoms with van der Waals surface area (Å²) in [5, 5.41) is 5.00. The predicted octanol–water partition coefficient (Wildman–Crippen LogP) is 5.12. The van der Waals surface area contributed by atoms with Gasteiger partial charge in [0.15, 0.2) is 0 Å². The summed E-state index contributed by atoms with van der Waals surface area (Å²) in [5.74, 6) is 0. The molecule has 3 heteroatoms. The summed E-state index contributed by atoms with van der Waals surface area (Å²) in [5.41, 5.74) is 1.09. The summed E-state index contributed by atoms with van der Waals surface area (Å²) in [7, 11) is 0. The molecule has 1 atom stereocenters. The monoisotopic (exact) mass is 299 g/mol. The second-order valence-corrected chi connectivity index (χ2v) is 7.22. The molecule has 1 N–H and O–H groups in total. The molecule has 106 valence electrons. The number of benzene rings is 1. The summed E-state index contributed by atoms with van der Waals surface area (Å²) < 4.78 is 0. The van der Waals surface area contributed by atoms with E-state index >= 15 is 0 Å². The minimum atomic E-state index is -0.0540. The van der Waals surface area contributed by atoms with E-state index in [0.717, 1.165) is 28.6 Å². The molecule has 19 heavy (non-hydrogen) atoms. The third-order valence-electron chi connectivity index (χ3n) is 3.12. The maximum atomic E-state index is 6.24. The number of halogens is 2. The second-order valence-electron chi connectivity index (χ2n) is 6.37. The van der Waals surface area contributed by atoms with Gasteiger partial charge in [-0.1, -0.05) is 36.2 Å². The van der Waals surface area contributed by atoms with Crippen LogP contribution in [0.3, 0.4) is 0 Å². The SMILES string of the molecule is C=CC(C)(CNC(C)(C)C)Cc1cc(Cl)ccc1Cl. The van der Waals surface area contributed by atoms with Crippen molar-refractivity contribution < 1.29 is 0 Å². The van der Waals surface area contributed by atoms with Gasteiger partial charge in [-0.25, -0.2) is 0 Å². The third-order valence-corrected chi connectivity index (χ3v) is 3.72. The molecule has 0 bridgehead atoms. The third kappa shape index (κ3) is 5.56. The van der Waals surface area contributed by atoms with Gasteiger partial charge in [0, 0.05) is 27.5 Å². The molecule has 1 nitrogen and oxygen atoms in total. The van der Waals surface area contributed by atoms with Crippen LogP contribution in [0.15, 0.2) is 30.9 Å². The van der Waals surface area contributed by atoms with E-state index in [1.54, 1.807) is 0 Å². The molecule has 1 rings (SSSR count). The molecule has 0 aliphatic heterocycles. The first-order valence-corrected chi connectivity index (χ1v) is 7.23. The summed E-state index contributed by atoms with van der Waals surface area (Å²) in [6, 6.07) is 5.59. The molecule has 1 aromatic carbocycles. The number of nitrogens with one attached hydrogen (secondary N) is 1. The van der Waals surface area contributed by atoms with Gasteiger partial charge >= 0.3 is 0 Å². The minimum absolute atomic E-state index is 0.0540. The lowest BCUT2D eigenvalue weighted by atomic mass is 9.83. The van der Waals surface area contributed by atoms with Gasteiger partial charge in [0.2, 0.25) is 0 Å². The molecular formula is C16H23Cl2N. The molecule has 0 spiro atoms. The smallest absolute Gasteiger partial charge is 0.0439 e. The fourth-order valence-corrected chi connectivity index (χ4v) is 2.17. The van der Waals surface area contributed by atoms with Crippen molar-refractivity contribution in [2.45, 2.75) is 39.7 Å². The van der Waals surface area contributed by atoms with Crippen molar-refractivity contribution in [1.29, 1.82) is 0 Å². The number of hydrogen-bond donors (Lipinski definition) is 1. The Hall–Kier alpha value is -0.500. The Morgan fingerprint density at radius 2 is 1.84 bits per heavy atom. The van der Waals surface area contributed by atoms with Crippen LogP contribution in [-0.2, 0) is 6.42 Å². The van der Waals surface area contributed by atoms with E-state index in [9.17, 15) is 0 Å². The van der Waals surface area contributed by atoms with Gasteiger partial charge in [-0.2, -0.15) is 0 Å². The van der Waals surface area contributed by atoms with Crippen LogP contribution in [0.5, 0.6) is 0 Å². The Labute approximate surface area is 127 Å². The molecule has 0 radical (unpaired) electrons. The molecule has 1 aromatic rings. The molecule has 0 amide bonds. The molecule has 0 heterocycles. The van der Waals surface area contributed by atoms with Crippen molar-refractivity contribution in [3.8, 4) is 0 Å². The van der Waals surface area contributed by atoms with Crippen LogP contribution in [0.1, 0.15) is 33.3 Å².